The summed E-state index contributed by atoms with van der Waals surface area (Å²) in [6, 6.07) is 8.36. The maximum Gasteiger partial charge on any atom is 0.260 e. The normalized spacial score (nSPS) is 14.7. The zero-order valence-corrected chi connectivity index (χ0v) is 18.4. The number of likely N-dealkylation sites (tertiary alicyclic amines) is 1. The van der Waals surface area contributed by atoms with Gasteiger partial charge in [0, 0.05) is 24.0 Å². The Hall–Kier alpha value is -2.12. The number of hydrogen-bond acceptors (Lipinski definition) is 5. The number of rotatable bonds is 5. The third-order valence-electron chi connectivity index (χ3n) is 5.35. The van der Waals surface area contributed by atoms with Gasteiger partial charge in [0.2, 0.25) is 5.91 Å². The Kier molecular flexibility index (Phi) is 6.06. The molecular weight excluding hydrogens is 402 g/mol. The number of carbonyl (C=O) groups is 1. The molecule has 0 aliphatic carbocycles. The average molecular weight is 428 g/mol. The number of fused-ring (bicyclic) bond motifs is 1. The number of nitrogens with zero attached hydrogens (tertiary/aromatic N) is 2. The molecule has 2 aromatic heterocycles. The highest BCUT2D eigenvalue weighted by Crippen LogP contribution is 2.32. The lowest BCUT2D eigenvalue weighted by molar-refractivity contribution is -0.129. The van der Waals surface area contributed by atoms with Crippen LogP contribution < -0.4 is 5.56 Å². The zero-order chi connectivity index (χ0) is 20.4. The number of aromatic amines is 1. The van der Waals surface area contributed by atoms with Crippen molar-refractivity contribution < 1.29 is 4.79 Å². The van der Waals surface area contributed by atoms with Gasteiger partial charge >= 0.3 is 0 Å². The van der Waals surface area contributed by atoms with Crippen molar-refractivity contribution in [2.75, 3.05) is 18.8 Å². The standard InChI is InChI=1S/C22H25N3O2S2/c1-14(2)15-6-8-16(9-7-15)17-12-28-21-19(17)20(27)23-22(24-21)29-13-18(26)25-10-4-3-5-11-25/h6-9,12,14H,3-5,10-11,13H2,1-2H3,(H,23,24,27). The number of nitrogens with one attached hydrogen (secondary N) is 1. The van der Waals surface area contributed by atoms with Crippen molar-refractivity contribution in [3.8, 4) is 11.1 Å². The number of carbonyl (C=O) groups excluding carboxylic acids is 1. The third kappa shape index (κ3) is 4.41. The van der Waals surface area contributed by atoms with E-state index < -0.39 is 0 Å². The second kappa shape index (κ2) is 8.71. The monoisotopic (exact) mass is 427 g/mol. The first-order valence-electron chi connectivity index (χ1n) is 10.1. The van der Waals surface area contributed by atoms with Gasteiger partial charge in [-0.05, 0) is 36.3 Å². The van der Waals surface area contributed by atoms with Gasteiger partial charge in [-0.1, -0.05) is 49.9 Å². The Morgan fingerprint density at radius 3 is 2.62 bits per heavy atom. The number of thioether (sulfide) groups is 1. The number of H-pyrrole nitrogens is 1. The van der Waals surface area contributed by atoms with Crippen molar-refractivity contribution in [2.45, 2.75) is 44.2 Å². The smallest absolute Gasteiger partial charge is 0.260 e. The number of amides is 1. The van der Waals surface area contributed by atoms with Gasteiger partial charge in [-0.3, -0.25) is 9.59 Å². The van der Waals surface area contributed by atoms with Gasteiger partial charge in [-0.25, -0.2) is 4.98 Å². The van der Waals surface area contributed by atoms with Gasteiger partial charge in [0.05, 0.1) is 11.1 Å². The maximum atomic E-state index is 12.8. The fraction of sp³-hybridized carbons (Fsp3) is 0.409. The van der Waals surface area contributed by atoms with Crippen molar-refractivity contribution in [3.05, 3.63) is 45.6 Å². The molecule has 3 aromatic rings. The molecule has 0 unspecified atom stereocenters. The van der Waals surface area contributed by atoms with E-state index in [1.165, 1.54) is 35.1 Å². The Morgan fingerprint density at radius 2 is 1.93 bits per heavy atom. The van der Waals surface area contributed by atoms with Crippen LogP contribution in [0.15, 0.2) is 39.6 Å². The minimum Gasteiger partial charge on any atom is -0.342 e. The summed E-state index contributed by atoms with van der Waals surface area (Å²) in [6.07, 6.45) is 3.35. The predicted octanol–water partition coefficient (Wildman–Crippen LogP) is 4.88. The first-order valence-corrected chi connectivity index (χ1v) is 11.9. The Balaban J connectivity index is 1.54. The molecule has 3 heterocycles. The predicted molar refractivity (Wildman–Crippen MR) is 121 cm³/mol. The van der Waals surface area contributed by atoms with E-state index in [1.54, 1.807) is 0 Å². The van der Waals surface area contributed by atoms with Crippen molar-refractivity contribution in [1.82, 2.24) is 14.9 Å². The summed E-state index contributed by atoms with van der Waals surface area (Å²) in [6.45, 7) is 6.01. The lowest BCUT2D eigenvalue weighted by Gasteiger charge is -2.26. The first kappa shape index (κ1) is 20.2. The fourth-order valence-corrected chi connectivity index (χ4v) is 5.39. The number of thiophene rings is 1. The van der Waals surface area contributed by atoms with Gasteiger partial charge in [-0.15, -0.1) is 11.3 Å². The summed E-state index contributed by atoms with van der Waals surface area (Å²) in [4.78, 5) is 35.2. The topological polar surface area (TPSA) is 66.1 Å². The largest absolute Gasteiger partial charge is 0.342 e. The third-order valence-corrected chi connectivity index (χ3v) is 7.08. The van der Waals surface area contributed by atoms with Crippen LogP contribution in [0.4, 0.5) is 0 Å². The first-order chi connectivity index (χ1) is 14.0. The fourth-order valence-electron chi connectivity index (χ4n) is 3.62. The van der Waals surface area contributed by atoms with Crippen LogP contribution in [0.5, 0.6) is 0 Å². The summed E-state index contributed by atoms with van der Waals surface area (Å²) in [5.74, 6) is 0.902. The molecule has 0 bridgehead atoms. The van der Waals surface area contributed by atoms with Gasteiger partial charge in [0.25, 0.3) is 5.56 Å². The van der Waals surface area contributed by atoms with E-state index in [0.29, 0.717) is 27.0 Å². The lowest BCUT2D eigenvalue weighted by Crippen LogP contribution is -2.36. The van der Waals surface area contributed by atoms with Gasteiger partial charge in [0.1, 0.15) is 4.83 Å². The van der Waals surface area contributed by atoms with Crippen molar-refractivity contribution in [3.63, 3.8) is 0 Å². The molecule has 1 N–H and O–H groups in total. The van der Waals surface area contributed by atoms with Crippen LogP contribution in [0.3, 0.4) is 0 Å². The van der Waals surface area contributed by atoms with Crippen LogP contribution in [0, 0.1) is 0 Å². The molecule has 5 nitrogen and oxygen atoms in total. The molecule has 1 aliphatic heterocycles. The molecule has 1 fully saturated rings. The molecule has 1 aliphatic rings. The molecule has 4 rings (SSSR count). The van der Waals surface area contributed by atoms with E-state index in [9.17, 15) is 9.59 Å². The minimum atomic E-state index is -0.146. The van der Waals surface area contributed by atoms with Crippen LogP contribution in [-0.4, -0.2) is 39.6 Å². The second-order valence-electron chi connectivity index (χ2n) is 7.71. The van der Waals surface area contributed by atoms with Crippen molar-refractivity contribution >= 4 is 39.2 Å². The summed E-state index contributed by atoms with van der Waals surface area (Å²) in [5, 5.41) is 3.13. The van der Waals surface area contributed by atoms with Crippen molar-refractivity contribution in [1.29, 1.82) is 0 Å². The molecule has 1 aromatic carbocycles. The Labute approximate surface area is 178 Å². The maximum absolute atomic E-state index is 12.8. The summed E-state index contributed by atoms with van der Waals surface area (Å²) in [7, 11) is 0. The van der Waals surface area contributed by atoms with Crippen LogP contribution in [0.25, 0.3) is 21.3 Å². The van der Waals surface area contributed by atoms with E-state index in [2.05, 4.69) is 48.1 Å². The molecule has 7 heteroatoms. The highest BCUT2D eigenvalue weighted by Gasteiger charge is 2.18. The minimum absolute atomic E-state index is 0.120. The number of benzene rings is 1. The highest BCUT2D eigenvalue weighted by atomic mass is 32.2. The van der Waals surface area contributed by atoms with Gasteiger partial charge in [0.15, 0.2) is 5.16 Å². The number of hydrogen-bond donors (Lipinski definition) is 1. The van der Waals surface area contributed by atoms with Gasteiger partial charge in [-0.2, -0.15) is 0 Å². The molecule has 0 radical (unpaired) electrons. The summed E-state index contributed by atoms with van der Waals surface area (Å²) >= 11 is 2.78. The zero-order valence-electron chi connectivity index (χ0n) is 16.7. The second-order valence-corrected chi connectivity index (χ2v) is 9.53. The lowest BCUT2D eigenvalue weighted by atomic mass is 9.99. The van der Waals surface area contributed by atoms with Crippen LogP contribution >= 0.6 is 23.1 Å². The number of piperidine rings is 1. The average Bonchev–Trinajstić information content (AvgIpc) is 3.17. The molecule has 1 saturated heterocycles. The molecule has 0 spiro atoms. The highest BCUT2D eigenvalue weighted by molar-refractivity contribution is 7.99. The molecule has 152 valence electrons. The van der Waals surface area contributed by atoms with Crippen LogP contribution in [-0.2, 0) is 4.79 Å². The van der Waals surface area contributed by atoms with E-state index in [-0.39, 0.29) is 11.5 Å². The summed E-state index contributed by atoms with van der Waals surface area (Å²) in [5.41, 5.74) is 3.06. The van der Waals surface area contributed by atoms with E-state index >= 15 is 0 Å². The molecule has 29 heavy (non-hydrogen) atoms. The van der Waals surface area contributed by atoms with Crippen LogP contribution in [0.1, 0.15) is 44.6 Å². The molecule has 1 amide bonds. The quantitative estimate of drug-likeness (QED) is 0.465. The van der Waals surface area contributed by atoms with E-state index in [0.717, 1.165) is 37.1 Å². The molecular formula is C22H25N3O2S2. The summed E-state index contributed by atoms with van der Waals surface area (Å²) < 4.78 is 0. The van der Waals surface area contributed by atoms with Crippen molar-refractivity contribution in [2.24, 2.45) is 0 Å². The Bertz CT molecular complexity index is 1060. The Morgan fingerprint density at radius 1 is 1.21 bits per heavy atom. The van der Waals surface area contributed by atoms with Gasteiger partial charge < -0.3 is 9.88 Å². The van der Waals surface area contributed by atoms with Crippen LogP contribution in [0.2, 0.25) is 0 Å². The van der Waals surface area contributed by atoms with E-state index in [4.69, 9.17) is 0 Å². The molecule has 0 saturated carbocycles. The number of aromatic nitrogens is 2. The molecule has 0 atom stereocenters. The SMILES string of the molecule is CC(C)c1ccc(-c2csc3nc(SCC(=O)N4CCCCC4)[nH]c(=O)c23)cc1. The van der Waals surface area contributed by atoms with E-state index in [1.807, 2.05) is 10.3 Å².